The van der Waals surface area contributed by atoms with Gasteiger partial charge < -0.3 is 5.32 Å². The van der Waals surface area contributed by atoms with E-state index < -0.39 is 0 Å². The Morgan fingerprint density at radius 1 is 0.957 bits per heavy atom. The van der Waals surface area contributed by atoms with Crippen molar-refractivity contribution in [1.29, 1.82) is 0 Å². The van der Waals surface area contributed by atoms with Crippen LogP contribution < -0.4 is 5.32 Å². The summed E-state index contributed by atoms with van der Waals surface area (Å²) in [5, 5.41) is 12.7. The van der Waals surface area contributed by atoms with Gasteiger partial charge in [0, 0.05) is 24.8 Å². The van der Waals surface area contributed by atoms with Crippen LogP contribution >= 0.6 is 0 Å². The zero-order valence-electron chi connectivity index (χ0n) is 13.3. The minimum Gasteiger partial charge on any atom is -0.305 e. The molecule has 1 N–H and O–H groups in total. The average molecular weight is 307 g/mol. The smallest absolute Gasteiger partial charge is 0.117 e. The molecule has 0 aliphatic carbocycles. The van der Waals surface area contributed by atoms with E-state index in [1.165, 1.54) is 0 Å². The molecule has 0 radical (unpaired) electrons. The Kier molecular flexibility index (Phi) is 5.11. The lowest BCUT2D eigenvalue weighted by Crippen LogP contribution is -2.14. The third kappa shape index (κ3) is 4.02. The van der Waals surface area contributed by atoms with Crippen LogP contribution in [0.2, 0.25) is 0 Å². The van der Waals surface area contributed by atoms with E-state index in [0.717, 1.165) is 42.2 Å². The second kappa shape index (κ2) is 7.65. The Bertz CT molecular complexity index is 722. The molecule has 0 unspecified atom stereocenters. The molecule has 5 nitrogen and oxygen atoms in total. The van der Waals surface area contributed by atoms with Gasteiger partial charge in [0.2, 0.25) is 0 Å². The van der Waals surface area contributed by atoms with Crippen LogP contribution in [0.5, 0.6) is 0 Å². The van der Waals surface area contributed by atoms with E-state index in [1.807, 2.05) is 42.6 Å². The summed E-state index contributed by atoms with van der Waals surface area (Å²) >= 11 is 0. The maximum absolute atomic E-state index is 4.65. The minimum absolute atomic E-state index is 0.671. The predicted octanol–water partition coefficient (Wildman–Crippen LogP) is 3.04. The molecule has 2 heterocycles. The third-order valence-electron chi connectivity index (χ3n) is 3.52. The average Bonchev–Trinajstić information content (AvgIpc) is 3.00. The van der Waals surface area contributed by atoms with E-state index in [0.29, 0.717) is 6.54 Å². The predicted molar refractivity (Wildman–Crippen MR) is 90.5 cm³/mol. The first-order valence-electron chi connectivity index (χ1n) is 7.97. The van der Waals surface area contributed by atoms with E-state index >= 15 is 0 Å². The lowest BCUT2D eigenvalue weighted by atomic mass is 10.1. The van der Waals surface area contributed by atoms with E-state index in [4.69, 9.17) is 0 Å². The first kappa shape index (κ1) is 15.4. The van der Waals surface area contributed by atoms with Crippen molar-refractivity contribution in [3.63, 3.8) is 0 Å². The van der Waals surface area contributed by atoms with Gasteiger partial charge in [0.1, 0.15) is 11.4 Å². The zero-order valence-corrected chi connectivity index (χ0v) is 13.3. The van der Waals surface area contributed by atoms with Gasteiger partial charge in [-0.2, -0.15) is 15.0 Å². The number of nitrogens with one attached hydrogen (secondary N) is 1. The maximum Gasteiger partial charge on any atom is 0.117 e. The van der Waals surface area contributed by atoms with Crippen LogP contribution in [0, 0.1) is 0 Å². The Morgan fingerprint density at radius 2 is 1.78 bits per heavy atom. The first-order valence-corrected chi connectivity index (χ1v) is 7.97. The molecule has 3 rings (SSSR count). The lowest BCUT2D eigenvalue weighted by Gasteiger charge is -2.03. The molecule has 0 atom stereocenters. The van der Waals surface area contributed by atoms with Crippen molar-refractivity contribution in [3.8, 4) is 11.3 Å². The Labute approximate surface area is 136 Å². The number of rotatable bonds is 7. The molecule has 1 aromatic carbocycles. The number of nitrogens with zero attached hydrogens (tertiary/aromatic N) is 4. The van der Waals surface area contributed by atoms with Crippen molar-refractivity contribution in [3.05, 3.63) is 66.1 Å². The standard InChI is InChI=1S/C18H21N5/c1-2-12-23-21-17(14-19-13-16-10-6-7-11-20-16)18(22-23)15-8-4-3-5-9-15/h3-11,19H,2,12-14H2,1H3. The van der Waals surface area contributed by atoms with Crippen molar-refractivity contribution in [2.75, 3.05) is 0 Å². The van der Waals surface area contributed by atoms with E-state index in [9.17, 15) is 0 Å². The normalized spacial score (nSPS) is 10.8. The highest BCUT2D eigenvalue weighted by atomic mass is 15.5. The molecular weight excluding hydrogens is 286 g/mol. The molecule has 0 spiro atoms. The Morgan fingerprint density at radius 3 is 2.52 bits per heavy atom. The summed E-state index contributed by atoms with van der Waals surface area (Å²) in [6.07, 6.45) is 2.83. The summed E-state index contributed by atoms with van der Waals surface area (Å²) in [4.78, 5) is 6.11. The van der Waals surface area contributed by atoms with Gasteiger partial charge in [0.25, 0.3) is 0 Å². The van der Waals surface area contributed by atoms with Gasteiger partial charge in [0.05, 0.1) is 12.2 Å². The number of benzene rings is 1. The van der Waals surface area contributed by atoms with Gasteiger partial charge >= 0.3 is 0 Å². The van der Waals surface area contributed by atoms with Crippen LogP contribution in [0.4, 0.5) is 0 Å². The molecule has 0 saturated carbocycles. The summed E-state index contributed by atoms with van der Waals surface area (Å²) in [7, 11) is 0. The quantitative estimate of drug-likeness (QED) is 0.729. The van der Waals surface area contributed by atoms with E-state index in [2.05, 4.69) is 39.6 Å². The summed E-state index contributed by atoms with van der Waals surface area (Å²) < 4.78 is 0. The molecule has 118 valence electrons. The van der Waals surface area contributed by atoms with E-state index in [-0.39, 0.29) is 0 Å². The van der Waals surface area contributed by atoms with Crippen molar-refractivity contribution < 1.29 is 0 Å². The topological polar surface area (TPSA) is 55.6 Å². The molecule has 0 bridgehead atoms. The Balaban J connectivity index is 1.74. The highest BCUT2D eigenvalue weighted by Crippen LogP contribution is 2.20. The third-order valence-corrected chi connectivity index (χ3v) is 3.52. The lowest BCUT2D eigenvalue weighted by molar-refractivity contribution is 0.520. The number of aromatic nitrogens is 4. The molecule has 23 heavy (non-hydrogen) atoms. The van der Waals surface area contributed by atoms with Gasteiger partial charge in [-0.15, -0.1) is 0 Å². The number of hydrogen-bond donors (Lipinski definition) is 1. The maximum atomic E-state index is 4.65. The second-order valence-electron chi connectivity index (χ2n) is 5.38. The summed E-state index contributed by atoms with van der Waals surface area (Å²) in [6.45, 7) is 4.35. The first-order chi connectivity index (χ1) is 11.4. The molecule has 0 aliphatic rings. The van der Waals surface area contributed by atoms with Crippen LogP contribution in [-0.2, 0) is 19.6 Å². The van der Waals surface area contributed by atoms with Gasteiger partial charge in [-0.25, -0.2) is 0 Å². The highest BCUT2D eigenvalue weighted by Gasteiger charge is 2.12. The van der Waals surface area contributed by atoms with Crippen LogP contribution in [0.3, 0.4) is 0 Å². The van der Waals surface area contributed by atoms with Gasteiger partial charge in [0.15, 0.2) is 0 Å². The monoisotopic (exact) mass is 307 g/mol. The summed E-state index contributed by atoms with van der Waals surface area (Å²) in [5.74, 6) is 0. The van der Waals surface area contributed by atoms with Crippen LogP contribution in [0.25, 0.3) is 11.3 Å². The summed E-state index contributed by atoms with van der Waals surface area (Å²) in [6, 6.07) is 16.1. The van der Waals surface area contributed by atoms with Gasteiger partial charge in [-0.05, 0) is 18.6 Å². The molecule has 0 saturated heterocycles. The molecule has 0 fully saturated rings. The van der Waals surface area contributed by atoms with Gasteiger partial charge in [-0.1, -0.05) is 43.3 Å². The van der Waals surface area contributed by atoms with Gasteiger partial charge in [-0.3, -0.25) is 4.98 Å². The van der Waals surface area contributed by atoms with Crippen molar-refractivity contribution in [2.45, 2.75) is 33.0 Å². The van der Waals surface area contributed by atoms with Crippen LogP contribution in [-0.4, -0.2) is 20.0 Å². The molecule has 0 aliphatic heterocycles. The minimum atomic E-state index is 0.671. The SMILES string of the molecule is CCCn1nc(CNCc2ccccn2)c(-c2ccccc2)n1. The molecule has 2 aromatic heterocycles. The largest absolute Gasteiger partial charge is 0.305 e. The molecule has 5 heteroatoms. The molecule has 3 aromatic rings. The number of hydrogen-bond acceptors (Lipinski definition) is 4. The fraction of sp³-hybridized carbons (Fsp3) is 0.278. The highest BCUT2D eigenvalue weighted by molar-refractivity contribution is 5.60. The molecule has 0 amide bonds. The van der Waals surface area contributed by atoms with Crippen LogP contribution in [0.1, 0.15) is 24.7 Å². The van der Waals surface area contributed by atoms with Crippen LogP contribution in [0.15, 0.2) is 54.7 Å². The number of aryl methyl sites for hydroxylation is 1. The zero-order chi connectivity index (χ0) is 15.9. The van der Waals surface area contributed by atoms with Crippen molar-refractivity contribution in [1.82, 2.24) is 25.3 Å². The second-order valence-corrected chi connectivity index (χ2v) is 5.38. The number of pyridine rings is 1. The van der Waals surface area contributed by atoms with E-state index in [1.54, 1.807) is 4.80 Å². The fourth-order valence-corrected chi connectivity index (χ4v) is 2.43. The molecular formula is C18H21N5. The Hall–Kier alpha value is -2.53. The van der Waals surface area contributed by atoms with Crippen molar-refractivity contribution in [2.24, 2.45) is 0 Å². The summed E-state index contributed by atoms with van der Waals surface area (Å²) in [5.41, 5.74) is 4.05. The fourth-order valence-electron chi connectivity index (χ4n) is 2.43. The van der Waals surface area contributed by atoms with Crippen molar-refractivity contribution >= 4 is 0 Å².